The van der Waals surface area contributed by atoms with Crippen molar-refractivity contribution in [1.29, 1.82) is 0 Å². The quantitative estimate of drug-likeness (QED) is 0.905. The number of halogens is 1. The fourth-order valence-electron chi connectivity index (χ4n) is 2.17. The standard InChI is InChI=1S/C16H19FN2O/c1-18-11-14-15(17)8-5-9-16(14)19(2)12-6-4-7-13(10-12)20-3/h4-10,18H,11H2,1-3H3. The van der Waals surface area contributed by atoms with Crippen molar-refractivity contribution in [2.24, 2.45) is 0 Å². The smallest absolute Gasteiger partial charge is 0.129 e. The molecule has 1 N–H and O–H groups in total. The molecule has 0 unspecified atom stereocenters. The van der Waals surface area contributed by atoms with E-state index in [1.807, 2.05) is 49.3 Å². The Labute approximate surface area is 119 Å². The van der Waals surface area contributed by atoms with Gasteiger partial charge in [-0.1, -0.05) is 12.1 Å². The number of ether oxygens (including phenoxy) is 1. The highest BCUT2D eigenvalue weighted by molar-refractivity contribution is 5.67. The Balaban J connectivity index is 2.42. The number of hydrogen-bond acceptors (Lipinski definition) is 3. The summed E-state index contributed by atoms with van der Waals surface area (Å²) in [6.07, 6.45) is 0. The molecule has 0 saturated heterocycles. The fourth-order valence-corrected chi connectivity index (χ4v) is 2.17. The zero-order chi connectivity index (χ0) is 14.5. The van der Waals surface area contributed by atoms with E-state index in [9.17, 15) is 4.39 Å². The van der Waals surface area contributed by atoms with Gasteiger partial charge in [0.25, 0.3) is 0 Å². The predicted octanol–water partition coefficient (Wildman–Crippen LogP) is 3.32. The third-order valence-electron chi connectivity index (χ3n) is 3.25. The molecule has 0 saturated carbocycles. The Hall–Kier alpha value is -2.07. The summed E-state index contributed by atoms with van der Waals surface area (Å²) >= 11 is 0. The van der Waals surface area contributed by atoms with Crippen molar-refractivity contribution in [3.63, 3.8) is 0 Å². The Morgan fingerprint density at radius 2 is 1.95 bits per heavy atom. The lowest BCUT2D eigenvalue weighted by molar-refractivity contribution is 0.415. The van der Waals surface area contributed by atoms with E-state index in [1.165, 1.54) is 6.07 Å². The van der Waals surface area contributed by atoms with Crippen molar-refractivity contribution in [3.05, 3.63) is 53.8 Å². The summed E-state index contributed by atoms with van der Waals surface area (Å²) in [6, 6.07) is 12.8. The second-order valence-corrected chi connectivity index (χ2v) is 4.53. The third-order valence-corrected chi connectivity index (χ3v) is 3.25. The maximum absolute atomic E-state index is 14.0. The van der Waals surface area contributed by atoms with Crippen molar-refractivity contribution in [3.8, 4) is 5.75 Å². The summed E-state index contributed by atoms with van der Waals surface area (Å²) in [5, 5.41) is 3.00. The molecule has 2 aromatic carbocycles. The second-order valence-electron chi connectivity index (χ2n) is 4.53. The van der Waals surface area contributed by atoms with Crippen LogP contribution in [0.2, 0.25) is 0 Å². The summed E-state index contributed by atoms with van der Waals surface area (Å²) in [4.78, 5) is 1.96. The van der Waals surface area contributed by atoms with E-state index in [2.05, 4.69) is 5.32 Å². The highest BCUT2D eigenvalue weighted by Gasteiger charge is 2.13. The van der Waals surface area contributed by atoms with Gasteiger partial charge in [0.15, 0.2) is 0 Å². The molecule has 0 atom stereocenters. The molecule has 4 heteroatoms. The van der Waals surface area contributed by atoms with E-state index in [0.717, 1.165) is 17.1 Å². The van der Waals surface area contributed by atoms with Crippen LogP contribution in [0.15, 0.2) is 42.5 Å². The second kappa shape index (κ2) is 6.39. The third kappa shape index (κ3) is 2.91. The van der Waals surface area contributed by atoms with Crippen LogP contribution in [0, 0.1) is 5.82 Å². The van der Waals surface area contributed by atoms with Crippen LogP contribution in [0.3, 0.4) is 0 Å². The molecule has 0 fully saturated rings. The topological polar surface area (TPSA) is 24.5 Å². The molecule has 0 amide bonds. The van der Waals surface area contributed by atoms with Gasteiger partial charge < -0.3 is 15.0 Å². The predicted molar refractivity (Wildman–Crippen MR) is 80.2 cm³/mol. The van der Waals surface area contributed by atoms with Crippen LogP contribution in [0.25, 0.3) is 0 Å². The first-order valence-corrected chi connectivity index (χ1v) is 6.47. The number of nitrogens with zero attached hydrogens (tertiary/aromatic N) is 1. The summed E-state index contributed by atoms with van der Waals surface area (Å²) in [5.74, 6) is 0.576. The van der Waals surface area contributed by atoms with E-state index < -0.39 is 0 Å². The van der Waals surface area contributed by atoms with Gasteiger partial charge in [-0.2, -0.15) is 0 Å². The van der Waals surface area contributed by atoms with Gasteiger partial charge in [0.1, 0.15) is 11.6 Å². The monoisotopic (exact) mass is 274 g/mol. The van der Waals surface area contributed by atoms with Crippen molar-refractivity contribution in [2.45, 2.75) is 6.54 Å². The van der Waals surface area contributed by atoms with Crippen molar-refractivity contribution in [1.82, 2.24) is 5.32 Å². The Morgan fingerprint density at radius 1 is 1.20 bits per heavy atom. The van der Waals surface area contributed by atoms with E-state index in [0.29, 0.717) is 12.1 Å². The van der Waals surface area contributed by atoms with Gasteiger partial charge in [-0.3, -0.25) is 0 Å². The molecular formula is C16H19FN2O. The first-order chi connectivity index (χ1) is 9.67. The minimum Gasteiger partial charge on any atom is -0.497 e. The van der Waals surface area contributed by atoms with E-state index in [1.54, 1.807) is 13.2 Å². The molecule has 3 nitrogen and oxygen atoms in total. The first-order valence-electron chi connectivity index (χ1n) is 6.47. The van der Waals surface area contributed by atoms with E-state index in [4.69, 9.17) is 4.74 Å². The van der Waals surface area contributed by atoms with Gasteiger partial charge >= 0.3 is 0 Å². The number of methoxy groups -OCH3 is 1. The minimum atomic E-state index is -0.202. The molecule has 2 rings (SSSR count). The van der Waals surface area contributed by atoms with Crippen LogP contribution in [0.5, 0.6) is 5.75 Å². The van der Waals surface area contributed by atoms with Gasteiger partial charge in [-0.25, -0.2) is 4.39 Å². The van der Waals surface area contributed by atoms with Crippen LogP contribution in [-0.4, -0.2) is 21.2 Å². The molecular weight excluding hydrogens is 255 g/mol. The number of nitrogens with one attached hydrogen (secondary N) is 1. The molecule has 106 valence electrons. The maximum atomic E-state index is 14.0. The lowest BCUT2D eigenvalue weighted by atomic mass is 10.1. The summed E-state index contributed by atoms with van der Waals surface area (Å²) < 4.78 is 19.2. The average molecular weight is 274 g/mol. The number of benzene rings is 2. The molecule has 0 heterocycles. The maximum Gasteiger partial charge on any atom is 0.129 e. The zero-order valence-corrected chi connectivity index (χ0v) is 12.0. The van der Waals surface area contributed by atoms with Crippen molar-refractivity contribution < 1.29 is 9.13 Å². The van der Waals surface area contributed by atoms with Crippen LogP contribution >= 0.6 is 0 Å². The summed E-state index contributed by atoms with van der Waals surface area (Å²) in [5.41, 5.74) is 2.44. The molecule has 2 aromatic rings. The lowest BCUT2D eigenvalue weighted by Crippen LogP contribution is -2.16. The van der Waals surface area contributed by atoms with Crippen LogP contribution < -0.4 is 15.0 Å². The van der Waals surface area contributed by atoms with Gasteiger partial charge in [-0.15, -0.1) is 0 Å². The average Bonchev–Trinajstić information content (AvgIpc) is 2.49. The molecule has 0 radical (unpaired) electrons. The van der Waals surface area contributed by atoms with Crippen molar-refractivity contribution >= 4 is 11.4 Å². The number of hydrogen-bond donors (Lipinski definition) is 1. The van der Waals surface area contributed by atoms with Crippen LogP contribution in [0.4, 0.5) is 15.8 Å². The van der Waals surface area contributed by atoms with E-state index >= 15 is 0 Å². The summed E-state index contributed by atoms with van der Waals surface area (Å²) in [6.45, 7) is 0.482. The molecule has 0 aliphatic carbocycles. The molecule has 20 heavy (non-hydrogen) atoms. The van der Waals surface area contributed by atoms with Crippen LogP contribution in [-0.2, 0) is 6.54 Å². The molecule has 0 aliphatic heterocycles. The Morgan fingerprint density at radius 3 is 2.65 bits per heavy atom. The lowest BCUT2D eigenvalue weighted by Gasteiger charge is -2.23. The van der Waals surface area contributed by atoms with Crippen molar-refractivity contribution in [2.75, 3.05) is 26.1 Å². The molecule has 0 aliphatic rings. The van der Waals surface area contributed by atoms with Gasteiger partial charge in [-0.05, 0) is 31.3 Å². The molecule has 0 spiro atoms. The normalized spacial score (nSPS) is 10.4. The Bertz CT molecular complexity index is 586. The fraction of sp³-hybridized carbons (Fsp3) is 0.250. The number of anilines is 2. The molecule has 0 aromatic heterocycles. The minimum absolute atomic E-state index is 0.202. The number of rotatable bonds is 5. The zero-order valence-electron chi connectivity index (χ0n) is 12.0. The molecule has 0 bridgehead atoms. The SMILES string of the molecule is CNCc1c(F)cccc1N(C)c1cccc(OC)c1. The van der Waals surface area contributed by atoms with Crippen LogP contribution in [0.1, 0.15) is 5.56 Å². The largest absolute Gasteiger partial charge is 0.497 e. The van der Waals surface area contributed by atoms with Gasteiger partial charge in [0, 0.05) is 36.6 Å². The van der Waals surface area contributed by atoms with Gasteiger partial charge in [0.2, 0.25) is 0 Å². The first kappa shape index (κ1) is 14.3. The Kier molecular flexibility index (Phi) is 4.58. The summed E-state index contributed by atoms with van der Waals surface area (Å²) in [7, 11) is 5.36. The highest BCUT2D eigenvalue weighted by atomic mass is 19.1. The van der Waals surface area contributed by atoms with Gasteiger partial charge in [0.05, 0.1) is 7.11 Å². The van der Waals surface area contributed by atoms with E-state index in [-0.39, 0.29) is 5.82 Å². The highest BCUT2D eigenvalue weighted by Crippen LogP contribution is 2.30.